The third kappa shape index (κ3) is 4.52. The molecule has 0 aliphatic carbocycles. The molecule has 1 saturated heterocycles. The molecule has 0 aromatic carbocycles. The number of aryl methyl sites for hydroxylation is 2. The van der Waals surface area contributed by atoms with Crippen molar-refractivity contribution in [3.05, 3.63) is 28.7 Å². The zero-order valence-electron chi connectivity index (χ0n) is 14.9. The van der Waals surface area contributed by atoms with Gasteiger partial charge < -0.3 is 15.5 Å². The van der Waals surface area contributed by atoms with Gasteiger partial charge in [-0.3, -0.25) is 4.79 Å². The third-order valence-electron chi connectivity index (χ3n) is 4.19. The maximum Gasteiger partial charge on any atom is 0.236 e. The van der Waals surface area contributed by atoms with E-state index >= 15 is 0 Å². The predicted octanol–water partition coefficient (Wildman–Crippen LogP) is 2.22. The van der Waals surface area contributed by atoms with Gasteiger partial charge in [-0.05, 0) is 33.7 Å². The monoisotopic (exact) mass is 360 g/mol. The molecule has 1 unspecified atom stereocenters. The average molecular weight is 360 g/mol. The van der Waals surface area contributed by atoms with Crippen LogP contribution in [0.1, 0.15) is 36.0 Å². The van der Waals surface area contributed by atoms with E-state index in [1.54, 1.807) is 18.4 Å². The Balaban J connectivity index is 1.76. The Morgan fingerprint density at radius 3 is 2.88 bits per heavy atom. The van der Waals surface area contributed by atoms with Gasteiger partial charge in [-0.15, -0.1) is 11.3 Å². The SMILES string of the molecule is CNCC(=O)N1CCCC(c2nc(C)cc(Nc3nc(C)cs3)n2)C1. The summed E-state index contributed by atoms with van der Waals surface area (Å²) in [5.41, 5.74) is 1.91. The first-order valence-corrected chi connectivity index (χ1v) is 9.40. The van der Waals surface area contributed by atoms with Crippen molar-refractivity contribution in [2.75, 3.05) is 32.0 Å². The van der Waals surface area contributed by atoms with Gasteiger partial charge in [0.05, 0.1) is 12.2 Å². The van der Waals surface area contributed by atoms with Crippen LogP contribution in [0.2, 0.25) is 0 Å². The molecule has 2 aromatic heterocycles. The van der Waals surface area contributed by atoms with Crippen LogP contribution in [-0.4, -0.2) is 52.4 Å². The first kappa shape index (κ1) is 17.8. The number of aromatic nitrogens is 3. The lowest BCUT2D eigenvalue weighted by Crippen LogP contribution is -2.43. The number of rotatable bonds is 5. The number of likely N-dealkylation sites (N-methyl/N-ethyl adjacent to an activating group) is 1. The van der Waals surface area contributed by atoms with E-state index in [2.05, 4.69) is 20.6 Å². The second-order valence-corrected chi connectivity index (χ2v) is 7.24. The summed E-state index contributed by atoms with van der Waals surface area (Å²) in [4.78, 5) is 27.8. The number of thiazole rings is 1. The fourth-order valence-corrected chi connectivity index (χ4v) is 3.73. The molecule has 3 heterocycles. The van der Waals surface area contributed by atoms with Gasteiger partial charge in [0, 0.05) is 36.1 Å². The minimum atomic E-state index is 0.136. The van der Waals surface area contributed by atoms with Crippen molar-refractivity contribution in [3.8, 4) is 0 Å². The van der Waals surface area contributed by atoms with Crippen molar-refractivity contribution in [3.63, 3.8) is 0 Å². The van der Waals surface area contributed by atoms with E-state index in [0.717, 1.165) is 47.5 Å². The fourth-order valence-electron chi connectivity index (χ4n) is 3.04. The predicted molar refractivity (Wildman–Crippen MR) is 99.4 cm³/mol. The van der Waals surface area contributed by atoms with Crippen molar-refractivity contribution in [1.82, 2.24) is 25.2 Å². The summed E-state index contributed by atoms with van der Waals surface area (Å²) in [6.07, 6.45) is 1.98. The molecule has 0 spiro atoms. The Labute approximate surface area is 151 Å². The summed E-state index contributed by atoms with van der Waals surface area (Å²) in [6.45, 7) is 5.80. The van der Waals surface area contributed by atoms with Crippen molar-refractivity contribution < 1.29 is 4.79 Å². The van der Waals surface area contributed by atoms with E-state index in [4.69, 9.17) is 4.98 Å². The first-order valence-electron chi connectivity index (χ1n) is 8.52. The van der Waals surface area contributed by atoms with Crippen LogP contribution in [0.3, 0.4) is 0 Å². The van der Waals surface area contributed by atoms with E-state index in [9.17, 15) is 4.79 Å². The lowest BCUT2D eigenvalue weighted by molar-refractivity contribution is -0.131. The molecule has 2 aromatic rings. The number of hydrogen-bond donors (Lipinski definition) is 2. The second kappa shape index (κ2) is 7.88. The number of nitrogens with one attached hydrogen (secondary N) is 2. The largest absolute Gasteiger partial charge is 0.341 e. The van der Waals surface area contributed by atoms with Crippen LogP contribution in [0, 0.1) is 13.8 Å². The second-order valence-electron chi connectivity index (χ2n) is 6.38. The van der Waals surface area contributed by atoms with Gasteiger partial charge in [-0.1, -0.05) is 0 Å². The van der Waals surface area contributed by atoms with E-state index in [0.29, 0.717) is 13.1 Å². The summed E-state index contributed by atoms with van der Waals surface area (Å²) in [5.74, 6) is 1.87. The molecular formula is C17H24N6OS. The standard InChI is InChI=1S/C17H24N6OS/c1-11-7-14(22-17-20-12(2)10-25-17)21-16(19-11)13-5-4-6-23(9-13)15(24)8-18-3/h7,10,13,18H,4-6,8-9H2,1-3H3,(H,19,20,21,22). The van der Waals surface area contributed by atoms with Crippen LogP contribution in [0.15, 0.2) is 11.4 Å². The molecule has 1 atom stereocenters. The van der Waals surface area contributed by atoms with Crippen LogP contribution in [0.4, 0.5) is 10.9 Å². The molecule has 25 heavy (non-hydrogen) atoms. The number of likely N-dealkylation sites (tertiary alicyclic amines) is 1. The number of nitrogens with zero attached hydrogens (tertiary/aromatic N) is 4. The molecule has 1 aliphatic rings. The summed E-state index contributed by atoms with van der Waals surface area (Å²) in [6, 6.07) is 1.92. The Morgan fingerprint density at radius 2 is 2.16 bits per heavy atom. The molecular weight excluding hydrogens is 336 g/mol. The summed E-state index contributed by atoms with van der Waals surface area (Å²) in [5, 5.41) is 9.03. The van der Waals surface area contributed by atoms with Gasteiger partial charge in [0.15, 0.2) is 5.13 Å². The molecule has 7 nitrogen and oxygen atoms in total. The van der Waals surface area contributed by atoms with E-state index < -0.39 is 0 Å². The topological polar surface area (TPSA) is 83.0 Å². The van der Waals surface area contributed by atoms with Crippen molar-refractivity contribution in [1.29, 1.82) is 0 Å². The van der Waals surface area contributed by atoms with Gasteiger partial charge in [0.1, 0.15) is 11.6 Å². The molecule has 1 amide bonds. The van der Waals surface area contributed by atoms with E-state index in [1.807, 2.05) is 30.2 Å². The van der Waals surface area contributed by atoms with Crippen molar-refractivity contribution in [2.24, 2.45) is 0 Å². The highest BCUT2D eigenvalue weighted by molar-refractivity contribution is 7.13. The Bertz CT molecular complexity index is 746. The summed E-state index contributed by atoms with van der Waals surface area (Å²) >= 11 is 1.56. The smallest absolute Gasteiger partial charge is 0.236 e. The van der Waals surface area contributed by atoms with E-state index in [-0.39, 0.29) is 11.8 Å². The van der Waals surface area contributed by atoms with Gasteiger partial charge in [0.2, 0.25) is 5.91 Å². The average Bonchev–Trinajstić information content (AvgIpc) is 2.99. The van der Waals surface area contributed by atoms with Crippen molar-refractivity contribution in [2.45, 2.75) is 32.6 Å². The number of anilines is 2. The highest BCUT2D eigenvalue weighted by atomic mass is 32.1. The number of carbonyl (C=O) groups is 1. The number of hydrogen-bond acceptors (Lipinski definition) is 7. The van der Waals surface area contributed by atoms with Gasteiger partial charge >= 0.3 is 0 Å². The molecule has 1 fully saturated rings. The number of carbonyl (C=O) groups excluding carboxylic acids is 1. The normalized spacial score (nSPS) is 17.6. The van der Waals surface area contributed by atoms with Gasteiger partial charge in [0.25, 0.3) is 0 Å². The van der Waals surface area contributed by atoms with Gasteiger partial charge in [-0.2, -0.15) is 0 Å². The maximum atomic E-state index is 12.2. The Hall–Kier alpha value is -2.06. The molecule has 3 rings (SSSR count). The van der Waals surface area contributed by atoms with Crippen LogP contribution in [0.5, 0.6) is 0 Å². The number of amides is 1. The molecule has 1 aliphatic heterocycles. The highest BCUT2D eigenvalue weighted by Crippen LogP contribution is 2.27. The lowest BCUT2D eigenvalue weighted by Gasteiger charge is -2.32. The Kier molecular flexibility index (Phi) is 5.60. The molecule has 0 radical (unpaired) electrons. The quantitative estimate of drug-likeness (QED) is 0.851. The summed E-state index contributed by atoms with van der Waals surface area (Å²) in [7, 11) is 1.79. The van der Waals surface area contributed by atoms with Crippen LogP contribution in [-0.2, 0) is 4.79 Å². The molecule has 8 heteroatoms. The van der Waals surface area contributed by atoms with Crippen LogP contribution in [0.25, 0.3) is 0 Å². The van der Waals surface area contributed by atoms with Crippen molar-refractivity contribution >= 4 is 28.2 Å². The van der Waals surface area contributed by atoms with Gasteiger partial charge in [-0.25, -0.2) is 15.0 Å². The molecule has 134 valence electrons. The first-order chi connectivity index (χ1) is 12.0. The minimum Gasteiger partial charge on any atom is -0.341 e. The number of piperidine rings is 1. The molecule has 0 saturated carbocycles. The Morgan fingerprint density at radius 1 is 1.32 bits per heavy atom. The zero-order chi connectivity index (χ0) is 17.8. The minimum absolute atomic E-state index is 0.136. The third-order valence-corrected chi connectivity index (χ3v) is 5.07. The molecule has 2 N–H and O–H groups in total. The fraction of sp³-hybridized carbons (Fsp3) is 0.529. The maximum absolute atomic E-state index is 12.2. The lowest BCUT2D eigenvalue weighted by atomic mass is 9.97. The highest BCUT2D eigenvalue weighted by Gasteiger charge is 2.26. The van der Waals surface area contributed by atoms with Crippen LogP contribution < -0.4 is 10.6 Å². The molecule has 0 bridgehead atoms. The zero-order valence-corrected chi connectivity index (χ0v) is 15.7. The summed E-state index contributed by atoms with van der Waals surface area (Å²) < 4.78 is 0. The van der Waals surface area contributed by atoms with Crippen LogP contribution >= 0.6 is 11.3 Å². The van der Waals surface area contributed by atoms with E-state index in [1.165, 1.54) is 0 Å².